The van der Waals surface area contributed by atoms with E-state index in [1.165, 1.54) is 21.3 Å². The molecule has 0 bridgehead atoms. The van der Waals surface area contributed by atoms with Gasteiger partial charge in [0.2, 0.25) is 0 Å². The number of ether oxygens (including phenoxy) is 3. The number of rotatable bonds is 5. The van der Waals surface area contributed by atoms with Gasteiger partial charge in [-0.15, -0.1) is 0 Å². The number of amides is 1. The third-order valence-electron chi connectivity index (χ3n) is 3.07. The number of carbonyl (C=O) groups excluding carboxylic acids is 1. The zero-order chi connectivity index (χ0) is 16.1. The molecule has 5 nitrogen and oxygen atoms in total. The minimum absolute atomic E-state index is 0.322. The van der Waals surface area contributed by atoms with Crippen molar-refractivity contribution in [1.82, 2.24) is 0 Å². The van der Waals surface area contributed by atoms with E-state index in [0.29, 0.717) is 33.5 Å². The number of benzene rings is 2. The molecule has 0 heterocycles. The van der Waals surface area contributed by atoms with Crippen LogP contribution in [0.5, 0.6) is 17.2 Å². The van der Waals surface area contributed by atoms with Crippen LogP contribution in [0.2, 0.25) is 5.02 Å². The Morgan fingerprint density at radius 1 is 0.955 bits per heavy atom. The van der Waals surface area contributed by atoms with E-state index in [9.17, 15) is 4.79 Å². The zero-order valence-corrected chi connectivity index (χ0v) is 13.2. The second kappa shape index (κ2) is 7.04. The van der Waals surface area contributed by atoms with Crippen LogP contribution < -0.4 is 19.5 Å². The van der Waals surface area contributed by atoms with Crippen molar-refractivity contribution in [2.45, 2.75) is 0 Å². The van der Waals surface area contributed by atoms with Crippen LogP contribution in [-0.4, -0.2) is 27.2 Å². The van der Waals surface area contributed by atoms with E-state index in [2.05, 4.69) is 5.32 Å². The Morgan fingerprint density at radius 2 is 1.59 bits per heavy atom. The van der Waals surface area contributed by atoms with Gasteiger partial charge in [0, 0.05) is 6.07 Å². The lowest BCUT2D eigenvalue weighted by Crippen LogP contribution is -2.14. The fraction of sp³-hybridized carbons (Fsp3) is 0.188. The number of hydrogen-bond acceptors (Lipinski definition) is 4. The van der Waals surface area contributed by atoms with E-state index in [-0.39, 0.29) is 5.91 Å². The molecule has 2 rings (SSSR count). The van der Waals surface area contributed by atoms with Gasteiger partial charge < -0.3 is 19.5 Å². The molecule has 0 aromatic heterocycles. The van der Waals surface area contributed by atoms with Gasteiger partial charge in [-0.1, -0.05) is 23.7 Å². The third-order valence-corrected chi connectivity index (χ3v) is 3.37. The van der Waals surface area contributed by atoms with Crippen molar-refractivity contribution in [3.05, 3.63) is 47.0 Å². The normalized spacial score (nSPS) is 10.0. The molecule has 0 fully saturated rings. The summed E-state index contributed by atoms with van der Waals surface area (Å²) < 4.78 is 15.6. The number of halogens is 1. The largest absolute Gasteiger partial charge is 0.496 e. The highest BCUT2D eigenvalue weighted by Gasteiger charge is 2.16. The monoisotopic (exact) mass is 321 g/mol. The minimum Gasteiger partial charge on any atom is -0.496 e. The molecule has 6 heteroatoms. The van der Waals surface area contributed by atoms with Gasteiger partial charge in [-0.3, -0.25) is 4.79 Å². The van der Waals surface area contributed by atoms with E-state index in [0.717, 1.165) is 0 Å². The Labute approximate surface area is 133 Å². The summed E-state index contributed by atoms with van der Waals surface area (Å²) in [5, 5.41) is 3.13. The smallest absolute Gasteiger partial charge is 0.259 e. The maximum Gasteiger partial charge on any atom is 0.259 e. The Bertz CT molecular complexity index is 688. The van der Waals surface area contributed by atoms with Gasteiger partial charge in [-0.2, -0.15) is 0 Å². The molecule has 2 aromatic rings. The number of methoxy groups -OCH3 is 3. The Hall–Kier alpha value is -2.40. The van der Waals surface area contributed by atoms with E-state index >= 15 is 0 Å². The zero-order valence-electron chi connectivity index (χ0n) is 12.5. The van der Waals surface area contributed by atoms with Gasteiger partial charge in [-0.25, -0.2) is 0 Å². The SMILES string of the molecule is COc1cc(OC)c(NC(=O)c2ccccc2OC)cc1Cl. The first kappa shape index (κ1) is 16.0. The van der Waals surface area contributed by atoms with Crippen molar-refractivity contribution >= 4 is 23.2 Å². The van der Waals surface area contributed by atoms with Crippen molar-refractivity contribution < 1.29 is 19.0 Å². The molecule has 0 aliphatic heterocycles. The quantitative estimate of drug-likeness (QED) is 0.914. The van der Waals surface area contributed by atoms with Gasteiger partial charge in [0.15, 0.2) is 0 Å². The predicted octanol–water partition coefficient (Wildman–Crippen LogP) is 3.62. The van der Waals surface area contributed by atoms with E-state index < -0.39 is 0 Å². The first-order valence-corrected chi connectivity index (χ1v) is 6.84. The maximum absolute atomic E-state index is 12.4. The van der Waals surface area contributed by atoms with Gasteiger partial charge in [0.1, 0.15) is 17.2 Å². The number of nitrogens with one attached hydrogen (secondary N) is 1. The molecule has 22 heavy (non-hydrogen) atoms. The minimum atomic E-state index is -0.322. The first-order valence-electron chi connectivity index (χ1n) is 6.46. The summed E-state index contributed by atoms with van der Waals surface area (Å²) in [5.41, 5.74) is 0.864. The molecular weight excluding hydrogens is 306 g/mol. The summed E-state index contributed by atoms with van der Waals surface area (Å²) >= 11 is 6.09. The summed E-state index contributed by atoms with van der Waals surface area (Å²) in [6.07, 6.45) is 0. The van der Waals surface area contributed by atoms with Crippen molar-refractivity contribution in [3.63, 3.8) is 0 Å². The average Bonchev–Trinajstić information content (AvgIpc) is 2.55. The van der Waals surface area contributed by atoms with Crippen molar-refractivity contribution in [1.29, 1.82) is 0 Å². The second-order valence-electron chi connectivity index (χ2n) is 4.34. The first-order chi connectivity index (χ1) is 10.6. The third kappa shape index (κ3) is 3.26. The molecule has 0 unspecified atom stereocenters. The molecule has 0 aliphatic carbocycles. The van der Waals surface area contributed by atoms with Crippen LogP contribution in [0, 0.1) is 0 Å². The van der Waals surface area contributed by atoms with Crippen LogP contribution >= 0.6 is 11.6 Å². The highest BCUT2D eigenvalue weighted by molar-refractivity contribution is 6.32. The van der Waals surface area contributed by atoms with Crippen molar-refractivity contribution in [2.75, 3.05) is 26.6 Å². The highest BCUT2D eigenvalue weighted by atomic mass is 35.5. The van der Waals surface area contributed by atoms with Crippen molar-refractivity contribution in [3.8, 4) is 17.2 Å². The van der Waals surface area contributed by atoms with Crippen LogP contribution in [0.15, 0.2) is 36.4 Å². The summed E-state index contributed by atoms with van der Waals surface area (Å²) in [6, 6.07) is 10.1. The molecule has 116 valence electrons. The summed E-state index contributed by atoms with van der Waals surface area (Å²) in [4.78, 5) is 12.4. The number of hydrogen-bond donors (Lipinski definition) is 1. The van der Waals surface area contributed by atoms with Crippen LogP contribution in [0.4, 0.5) is 5.69 Å². The van der Waals surface area contributed by atoms with Crippen LogP contribution in [0.1, 0.15) is 10.4 Å². The lowest BCUT2D eigenvalue weighted by molar-refractivity contribution is 0.102. The Kier molecular flexibility index (Phi) is 5.12. The van der Waals surface area contributed by atoms with Crippen molar-refractivity contribution in [2.24, 2.45) is 0 Å². The standard InChI is InChI=1S/C16H16ClNO4/c1-20-13-7-5-4-6-10(13)16(19)18-12-8-11(17)14(21-2)9-15(12)22-3/h4-9H,1-3H3,(H,18,19). The molecule has 1 N–H and O–H groups in total. The maximum atomic E-state index is 12.4. The Morgan fingerprint density at radius 3 is 2.23 bits per heavy atom. The fourth-order valence-corrected chi connectivity index (χ4v) is 2.22. The van der Waals surface area contributed by atoms with Gasteiger partial charge in [-0.05, 0) is 18.2 Å². The summed E-state index contributed by atoms with van der Waals surface area (Å²) in [6.45, 7) is 0. The van der Waals surface area contributed by atoms with E-state index in [4.69, 9.17) is 25.8 Å². The average molecular weight is 322 g/mol. The Balaban J connectivity index is 2.34. The lowest BCUT2D eigenvalue weighted by Gasteiger charge is -2.14. The number of anilines is 1. The lowest BCUT2D eigenvalue weighted by atomic mass is 10.1. The second-order valence-corrected chi connectivity index (χ2v) is 4.75. The van der Waals surface area contributed by atoms with E-state index in [1.807, 2.05) is 0 Å². The molecule has 0 radical (unpaired) electrons. The number of carbonyl (C=O) groups is 1. The molecule has 0 saturated carbocycles. The fourth-order valence-electron chi connectivity index (χ4n) is 1.98. The molecule has 0 spiro atoms. The topological polar surface area (TPSA) is 56.8 Å². The van der Waals surface area contributed by atoms with Gasteiger partial charge in [0.25, 0.3) is 5.91 Å². The number of para-hydroxylation sites is 1. The molecule has 2 aromatic carbocycles. The predicted molar refractivity (Wildman–Crippen MR) is 85.5 cm³/mol. The van der Waals surface area contributed by atoms with Gasteiger partial charge >= 0.3 is 0 Å². The van der Waals surface area contributed by atoms with Crippen LogP contribution in [0.25, 0.3) is 0 Å². The molecule has 0 atom stereocenters. The van der Waals surface area contributed by atoms with Crippen LogP contribution in [-0.2, 0) is 0 Å². The molecule has 1 amide bonds. The molecule has 0 saturated heterocycles. The van der Waals surface area contributed by atoms with Crippen LogP contribution in [0.3, 0.4) is 0 Å². The molecular formula is C16H16ClNO4. The molecule has 0 aliphatic rings. The summed E-state index contributed by atoms with van der Waals surface area (Å²) in [5.74, 6) is 1.08. The highest BCUT2D eigenvalue weighted by Crippen LogP contribution is 2.36. The van der Waals surface area contributed by atoms with Gasteiger partial charge in [0.05, 0.1) is 37.6 Å². The summed E-state index contributed by atoms with van der Waals surface area (Å²) in [7, 11) is 4.52. The van der Waals surface area contributed by atoms with E-state index in [1.54, 1.807) is 36.4 Å².